The van der Waals surface area contributed by atoms with Crippen molar-refractivity contribution in [3.8, 4) is 11.1 Å². The van der Waals surface area contributed by atoms with Crippen LogP contribution in [0, 0.1) is 0 Å². The molecule has 0 aliphatic carbocycles. The number of nitrogens with zero attached hydrogens (tertiary/aromatic N) is 1. The molecule has 2 aromatic carbocycles. The summed E-state index contributed by atoms with van der Waals surface area (Å²) in [5, 5.41) is 4.82. The molecule has 0 radical (unpaired) electrons. The second-order valence-electron chi connectivity index (χ2n) is 7.64. The summed E-state index contributed by atoms with van der Waals surface area (Å²) in [7, 11) is 1.61. The second-order valence-corrected chi connectivity index (χ2v) is 7.64. The Morgan fingerprint density at radius 1 is 1.09 bits per heavy atom. The number of halogens is 3. The summed E-state index contributed by atoms with van der Waals surface area (Å²) in [5.41, 5.74) is 2.90. The van der Waals surface area contributed by atoms with Gasteiger partial charge in [0.05, 0.1) is 5.69 Å². The molecule has 1 aliphatic rings. The summed E-state index contributed by atoms with van der Waals surface area (Å²) >= 11 is 0. The topological polar surface area (TPSA) is 87.7 Å². The maximum absolute atomic E-state index is 13.2. The van der Waals surface area contributed by atoms with Gasteiger partial charge in [0.2, 0.25) is 0 Å². The molecule has 176 valence electrons. The number of likely N-dealkylation sites (N-methyl/N-ethyl adjacent to an activating group) is 1. The highest BCUT2D eigenvalue weighted by Crippen LogP contribution is 2.39. The Morgan fingerprint density at radius 3 is 2.42 bits per heavy atom. The van der Waals surface area contributed by atoms with E-state index in [2.05, 4.69) is 10.6 Å². The number of fused-ring (bicyclic) bond motifs is 3. The number of alkyl carbamates (subject to hydrolysis) is 1. The van der Waals surface area contributed by atoms with Crippen molar-refractivity contribution in [1.29, 1.82) is 0 Å². The minimum atomic E-state index is -4.31. The quantitative estimate of drug-likeness (QED) is 0.636. The summed E-state index contributed by atoms with van der Waals surface area (Å²) in [5.74, 6) is -1.09. The Balaban J connectivity index is 1.69. The molecule has 0 bridgehead atoms. The number of hydrogen-bond acceptors (Lipinski definition) is 4. The fourth-order valence-electron chi connectivity index (χ4n) is 3.57. The maximum Gasteiger partial charge on any atom is 0.407 e. The first-order valence-corrected chi connectivity index (χ1v) is 10.4. The van der Waals surface area contributed by atoms with Crippen molar-refractivity contribution in [3.05, 3.63) is 54.1 Å². The molecule has 0 saturated heterocycles. The maximum atomic E-state index is 13.2. The molecule has 0 aromatic heterocycles. The molecule has 0 spiro atoms. The number of alkyl halides is 3. The van der Waals surface area contributed by atoms with E-state index < -0.39 is 36.7 Å². The van der Waals surface area contributed by atoms with Gasteiger partial charge in [0, 0.05) is 25.6 Å². The molecule has 0 saturated carbocycles. The number of rotatable bonds is 6. The Morgan fingerprint density at radius 2 is 1.73 bits per heavy atom. The molecule has 33 heavy (non-hydrogen) atoms. The number of hydrogen-bond donors (Lipinski definition) is 2. The molecule has 2 aromatic rings. The molecule has 10 heteroatoms. The minimum absolute atomic E-state index is 0.246. The third-order valence-electron chi connectivity index (χ3n) is 5.25. The average molecular weight is 463 g/mol. The van der Waals surface area contributed by atoms with Crippen molar-refractivity contribution in [2.45, 2.75) is 38.1 Å². The summed E-state index contributed by atoms with van der Waals surface area (Å²) < 4.78 is 41.5. The molecule has 3 rings (SSSR count). The monoisotopic (exact) mass is 463 g/mol. The number of carbonyl (C=O) groups is 3. The SMILES string of the molecule is CC(OC(=O)NCCCC(F)(F)F)C(=O)N[C@@H]1C(=O)N(C)c2ccccc2-c2ccccc21. The molecule has 7 nitrogen and oxygen atoms in total. The van der Waals surface area contributed by atoms with Gasteiger partial charge < -0.3 is 20.3 Å². The number of para-hydroxylation sites is 1. The lowest BCUT2D eigenvalue weighted by molar-refractivity contribution is -0.135. The summed E-state index contributed by atoms with van der Waals surface area (Å²) in [4.78, 5) is 39.2. The lowest BCUT2D eigenvalue weighted by Gasteiger charge is -2.24. The van der Waals surface area contributed by atoms with Crippen LogP contribution in [0.5, 0.6) is 0 Å². The van der Waals surface area contributed by atoms with Gasteiger partial charge in [0.1, 0.15) is 6.04 Å². The van der Waals surface area contributed by atoms with Crippen molar-refractivity contribution in [1.82, 2.24) is 10.6 Å². The second kappa shape index (κ2) is 9.93. The highest BCUT2D eigenvalue weighted by Gasteiger charge is 2.34. The fraction of sp³-hybridized carbons (Fsp3) is 0.348. The predicted octanol–water partition coefficient (Wildman–Crippen LogP) is 3.94. The first kappa shape index (κ1) is 24.1. The zero-order valence-corrected chi connectivity index (χ0v) is 18.1. The molecular formula is C23H24F3N3O4. The van der Waals surface area contributed by atoms with E-state index in [1.807, 2.05) is 36.4 Å². The van der Waals surface area contributed by atoms with Gasteiger partial charge >= 0.3 is 12.3 Å². The van der Waals surface area contributed by atoms with Crippen LogP contribution in [0.3, 0.4) is 0 Å². The summed E-state index contributed by atoms with van der Waals surface area (Å²) in [6.45, 7) is 1.07. The van der Waals surface area contributed by atoms with Crippen LogP contribution in [0.15, 0.2) is 48.5 Å². The average Bonchev–Trinajstić information content (AvgIpc) is 2.86. The standard InChI is InChI=1S/C23H24F3N3O4/c1-14(33-22(32)27-13-7-12-23(24,25)26)20(30)28-19-17-10-4-3-8-15(17)16-9-5-6-11-18(16)29(2)21(19)31/h3-6,8-11,14,19H,7,12-13H2,1-2H3,(H,27,32)(H,28,30)/t14?,19-/m0/s1. The van der Waals surface area contributed by atoms with Gasteiger partial charge in [0.15, 0.2) is 6.10 Å². The van der Waals surface area contributed by atoms with Gasteiger partial charge in [-0.15, -0.1) is 0 Å². The van der Waals surface area contributed by atoms with Crippen LogP contribution in [-0.4, -0.2) is 43.8 Å². The molecule has 3 amide bonds. The summed E-state index contributed by atoms with van der Waals surface area (Å²) in [6, 6.07) is 13.5. The van der Waals surface area contributed by atoms with Crippen molar-refractivity contribution < 1.29 is 32.3 Å². The van der Waals surface area contributed by atoms with Gasteiger partial charge in [-0.1, -0.05) is 42.5 Å². The zero-order valence-electron chi connectivity index (χ0n) is 18.1. The van der Waals surface area contributed by atoms with Crippen LogP contribution in [-0.2, 0) is 14.3 Å². The third-order valence-corrected chi connectivity index (χ3v) is 5.25. The van der Waals surface area contributed by atoms with E-state index in [9.17, 15) is 27.6 Å². The van der Waals surface area contributed by atoms with E-state index in [1.54, 1.807) is 19.2 Å². The van der Waals surface area contributed by atoms with Gasteiger partial charge in [-0.2, -0.15) is 13.2 Å². The van der Waals surface area contributed by atoms with Crippen molar-refractivity contribution in [2.24, 2.45) is 0 Å². The number of amides is 3. The minimum Gasteiger partial charge on any atom is -0.436 e. The Bertz CT molecular complexity index is 1040. The molecule has 0 fully saturated rings. The normalized spacial score (nSPS) is 16.2. The van der Waals surface area contributed by atoms with E-state index >= 15 is 0 Å². The molecule has 1 heterocycles. The molecular weight excluding hydrogens is 439 g/mol. The lowest BCUT2D eigenvalue weighted by Crippen LogP contribution is -2.45. The molecule has 1 unspecified atom stereocenters. The number of carbonyl (C=O) groups excluding carboxylic acids is 3. The van der Waals surface area contributed by atoms with Gasteiger partial charge in [-0.3, -0.25) is 9.59 Å². The van der Waals surface area contributed by atoms with Crippen LogP contribution in [0.1, 0.15) is 31.4 Å². The number of ether oxygens (including phenoxy) is 1. The highest BCUT2D eigenvalue weighted by molar-refractivity contribution is 6.06. The molecule has 2 N–H and O–H groups in total. The third kappa shape index (κ3) is 5.82. The Kier molecular flexibility index (Phi) is 7.25. The van der Waals surface area contributed by atoms with E-state index in [4.69, 9.17) is 4.74 Å². The fourth-order valence-corrected chi connectivity index (χ4v) is 3.57. The lowest BCUT2D eigenvalue weighted by atomic mass is 9.95. The van der Waals surface area contributed by atoms with Crippen molar-refractivity contribution in [2.75, 3.05) is 18.5 Å². The van der Waals surface area contributed by atoms with E-state index in [0.717, 1.165) is 11.1 Å². The van der Waals surface area contributed by atoms with Crippen LogP contribution in [0.2, 0.25) is 0 Å². The van der Waals surface area contributed by atoms with Crippen LogP contribution in [0.4, 0.5) is 23.7 Å². The van der Waals surface area contributed by atoms with Gasteiger partial charge in [0.25, 0.3) is 11.8 Å². The predicted molar refractivity (Wildman–Crippen MR) is 115 cm³/mol. The molecule has 1 aliphatic heterocycles. The van der Waals surface area contributed by atoms with Crippen molar-refractivity contribution >= 4 is 23.6 Å². The number of anilines is 1. The molecule has 2 atom stereocenters. The zero-order chi connectivity index (χ0) is 24.2. The van der Waals surface area contributed by atoms with Gasteiger partial charge in [-0.25, -0.2) is 4.79 Å². The number of nitrogens with one attached hydrogen (secondary N) is 2. The van der Waals surface area contributed by atoms with Crippen LogP contribution < -0.4 is 15.5 Å². The van der Waals surface area contributed by atoms with Gasteiger partial charge in [-0.05, 0) is 30.5 Å². The largest absolute Gasteiger partial charge is 0.436 e. The first-order valence-electron chi connectivity index (χ1n) is 10.4. The highest BCUT2D eigenvalue weighted by atomic mass is 19.4. The first-order chi connectivity index (χ1) is 15.6. The number of benzene rings is 2. The Labute approximate surface area is 188 Å². The smallest absolute Gasteiger partial charge is 0.407 e. The summed E-state index contributed by atoms with van der Waals surface area (Å²) in [6.07, 6.45) is -7.95. The van der Waals surface area contributed by atoms with E-state index in [-0.39, 0.29) is 18.9 Å². The van der Waals surface area contributed by atoms with Crippen molar-refractivity contribution in [3.63, 3.8) is 0 Å². The van der Waals surface area contributed by atoms with E-state index in [0.29, 0.717) is 11.3 Å². The van der Waals surface area contributed by atoms with E-state index in [1.165, 1.54) is 11.8 Å². The van der Waals surface area contributed by atoms with Crippen LogP contribution in [0.25, 0.3) is 11.1 Å². The van der Waals surface area contributed by atoms with Crippen LogP contribution >= 0.6 is 0 Å². The Hall–Kier alpha value is -3.56.